The fraction of sp³-hybridized carbons (Fsp3) is 0.333. The van der Waals surface area contributed by atoms with Gasteiger partial charge in [-0.15, -0.1) is 0 Å². The molecule has 18 heavy (non-hydrogen) atoms. The SMILES string of the molecule is CN(Cc1ccc2c(c1)CCN2)Cc1ccco1. The monoisotopic (exact) mass is 242 g/mol. The van der Waals surface area contributed by atoms with Crippen LogP contribution < -0.4 is 5.32 Å². The molecule has 2 heterocycles. The van der Waals surface area contributed by atoms with Crippen LogP contribution in [0, 0.1) is 0 Å². The van der Waals surface area contributed by atoms with Gasteiger partial charge in [0, 0.05) is 18.8 Å². The van der Waals surface area contributed by atoms with E-state index in [-0.39, 0.29) is 0 Å². The fourth-order valence-electron chi connectivity index (χ4n) is 2.49. The van der Waals surface area contributed by atoms with E-state index in [0.717, 1.165) is 31.8 Å². The quantitative estimate of drug-likeness (QED) is 0.893. The van der Waals surface area contributed by atoms with Gasteiger partial charge < -0.3 is 9.73 Å². The van der Waals surface area contributed by atoms with Gasteiger partial charge in [-0.3, -0.25) is 4.90 Å². The number of hydrogen-bond acceptors (Lipinski definition) is 3. The summed E-state index contributed by atoms with van der Waals surface area (Å²) in [6, 6.07) is 10.7. The summed E-state index contributed by atoms with van der Waals surface area (Å²) in [4.78, 5) is 2.27. The van der Waals surface area contributed by atoms with Crippen molar-refractivity contribution in [2.24, 2.45) is 0 Å². The number of anilines is 1. The third-order valence-corrected chi connectivity index (χ3v) is 3.34. The molecule has 0 saturated carbocycles. The average molecular weight is 242 g/mol. The summed E-state index contributed by atoms with van der Waals surface area (Å²) in [6.45, 7) is 2.87. The Bertz CT molecular complexity index is 519. The third-order valence-electron chi connectivity index (χ3n) is 3.34. The van der Waals surface area contributed by atoms with Crippen molar-refractivity contribution >= 4 is 5.69 Å². The van der Waals surface area contributed by atoms with Crippen molar-refractivity contribution in [3.63, 3.8) is 0 Å². The van der Waals surface area contributed by atoms with E-state index in [1.54, 1.807) is 6.26 Å². The van der Waals surface area contributed by atoms with Crippen molar-refractivity contribution < 1.29 is 4.42 Å². The molecule has 0 atom stereocenters. The second-order valence-electron chi connectivity index (χ2n) is 4.92. The van der Waals surface area contributed by atoms with Crippen LogP contribution in [0.2, 0.25) is 0 Å². The molecular weight excluding hydrogens is 224 g/mol. The van der Waals surface area contributed by atoms with Crippen molar-refractivity contribution in [3.8, 4) is 0 Å². The van der Waals surface area contributed by atoms with Crippen LogP contribution >= 0.6 is 0 Å². The summed E-state index contributed by atoms with van der Waals surface area (Å²) in [5.74, 6) is 1.01. The first kappa shape index (κ1) is 11.4. The Morgan fingerprint density at radius 1 is 1.28 bits per heavy atom. The van der Waals surface area contributed by atoms with Crippen LogP contribution in [-0.4, -0.2) is 18.5 Å². The highest BCUT2D eigenvalue weighted by molar-refractivity contribution is 5.56. The molecule has 0 bridgehead atoms. The van der Waals surface area contributed by atoms with E-state index in [0.29, 0.717) is 0 Å². The van der Waals surface area contributed by atoms with Crippen LogP contribution in [0.1, 0.15) is 16.9 Å². The molecule has 3 heteroatoms. The van der Waals surface area contributed by atoms with Gasteiger partial charge >= 0.3 is 0 Å². The Kier molecular flexibility index (Phi) is 3.07. The van der Waals surface area contributed by atoms with Crippen molar-refractivity contribution in [2.75, 3.05) is 18.9 Å². The van der Waals surface area contributed by atoms with Crippen molar-refractivity contribution in [1.29, 1.82) is 0 Å². The van der Waals surface area contributed by atoms with E-state index in [1.807, 2.05) is 12.1 Å². The lowest BCUT2D eigenvalue weighted by molar-refractivity contribution is 0.288. The second kappa shape index (κ2) is 4.86. The molecule has 1 aromatic heterocycles. The van der Waals surface area contributed by atoms with E-state index < -0.39 is 0 Å². The highest BCUT2D eigenvalue weighted by atomic mass is 16.3. The van der Waals surface area contributed by atoms with Crippen molar-refractivity contribution in [1.82, 2.24) is 4.90 Å². The van der Waals surface area contributed by atoms with Gasteiger partial charge in [0.15, 0.2) is 0 Å². The first-order chi connectivity index (χ1) is 8.81. The normalized spacial score (nSPS) is 13.7. The highest BCUT2D eigenvalue weighted by Crippen LogP contribution is 2.23. The molecular formula is C15H18N2O. The Hall–Kier alpha value is -1.74. The number of fused-ring (bicyclic) bond motifs is 1. The zero-order valence-corrected chi connectivity index (χ0v) is 10.6. The summed E-state index contributed by atoms with van der Waals surface area (Å²) in [5.41, 5.74) is 4.11. The number of rotatable bonds is 4. The molecule has 0 aliphatic carbocycles. The zero-order valence-electron chi connectivity index (χ0n) is 10.6. The third kappa shape index (κ3) is 2.41. The minimum absolute atomic E-state index is 0.850. The van der Waals surface area contributed by atoms with E-state index in [2.05, 4.69) is 35.5 Å². The van der Waals surface area contributed by atoms with E-state index in [9.17, 15) is 0 Å². The molecule has 0 amide bonds. The molecule has 94 valence electrons. The molecule has 0 unspecified atom stereocenters. The minimum atomic E-state index is 0.850. The predicted molar refractivity (Wildman–Crippen MR) is 72.5 cm³/mol. The fourth-order valence-corrected chi connectivity index (χ4v) is 2.49. The number of nitrogens with zero attached hydrogens (tertiary/aromatic N) is 1. The molecule has 1 N–H and O–H groups in total. The number of nitrogens with one attached hydrogen (secondary N) is 1. The number of benzene rings is 1. The minimum Gasteiger partial charge on any atom is -0.468 e. The van der Waals surface area contributed by atoms with E-state index >= 15 is 0 Å². The molecule has 3 nitrogen and oxygen atoms in total. The molecule has 2 aromatic rings. The van der Waals surface area contributed by atoms with Crippen molar-refractivity contribution in [2.45, 2.75) is 19.5 Å². The maximum absolute atomic E-state index is 5.36. The van der Waals surface area contributed by atoms with Gasteiger partial charge in [0.05, 0.1) is 12.8 Å². The van der Waals surface area contributed by atoms with Crippen molar-refractivity contribution in [3.05, 3.63) is 53.5 Å². The second-order valence-corrected chi connectivity index (χ2v) is 4.92. The first-order valence-electron chi connectivity index (χ1n) is 6.38. The number of hydrogen-bond donors (Lipinski definition) is 1. The Morgan fingerprint density at radius 2 is 2.22 bits per heavy atom. The smallest absolute Gasteiger partial charge is 0.117 e. The van der Waals surface area contributed by atoms with Gasteiger partial charge in [-0.05, 0) is 42.8 Å². The predicted octanol–water partition coefficient (Wildman–Crippen LogP) is 2.88. The average Bonchev–Trinajstić information content (AvgIpc) is 2.98. The van der Waals surface area contributed by atoms with Crippen LogP contribution in [-0.2, 0) is 19.5 Å². The first-order valence-corrected chi connectivity index (χ1v) is 6.38. The van der Waals surface area contributed by atoms with Crippen LogP contribution in [0.3, 0.4) is 0 Å². The number of furan rings is 1. The topological polar surface area (TPSA) is 28.4 Å². The Balaban J connectivity index is 1.65. The van der Waals surface area contributed by atoms with Crippen LogP contribution in [0.25, 0.3) is 0 Å². The van der Waals surface area contributed by atoms with Gasteiger partial charge in [0.25, 0.3) is 0 Å². The molecule has 1 aromatic carbocycles. The molecule has 0 saturated heterocycles. The van der Waals surface area contributed by atoms with Crippen LogP contribution in [0.4, 0.5) is 5.69 Å². The molecule has 0 spiro atoms. The lowest BCUT2D eigenvalue weighted by atomic mass is 10.1. The van der Waals surface area contributed by atoms with Gasteiger partial charge in [0.2, 0.25) is 0 Å². The van der Waals surface area contributed by atoms with E-state index in [4.69, 9.17) is 4.42 Å². The summed E-state index contributed by atoms with van der Waals surface area (Å²) in [5, 5.41) is 3.39. The van der Waals surface area contributed by atoms with Gasteiger partial charge in [-0.2, -0.15) is 0 Å². The molecule has 3 rings (SSSR count). The van der Waals surface area contributed by atoms with Gasteiger partial charge in [-0.1, -0.05) is 12.1 Å². The zero-order chi connectivity index (χ0) is 12.4. The summed E-state index contributed by atoms with van der Waals surface area (Å²) in [7, 11) is 2.12. The Labute approximate surface area is 107 Å². The molecule has 1 aliphatic heterocycles. The lowest BCUT2D eigenvalue weighted by Crippen LogP contribution is -2.16. The molecule has 1 aliphatic rings. The van der Waals surface area contributed by atoms with Crippen LogP contribution in [0.5, 0.6) is 0 Å². The maximum Gasteiger partial charge on any atom is 0.117 e. The molecule has 0 radical (unpaired) electrons. The maximum atomic E-state index is 5.36. The Morgan fingerprint density at radius 3 is 3.06 bits per heavy atom. The van der Waals surface area contributed by atoms with E-state index in [1.165, 1.54) is 16.8 Å². The highest BCUT2D eigenvalue weighted by Gasteiger charge is 2.11. The standard InChI is InChI=1S/C15H18N2O/c1-17(11-14-3-2-8-18-14)10-12-4-5-15-13(9-12)6-7-16-15/h2-5,8-9,16H,6-7,10-11H2,1H3. The lowest BCUT2D eigenvalue weighted by Gasteiger charge is -2.15. The molecule has 0 fully saturated rings. The summed E-state index contributed by atoms with van der Waals surface area (Å²) < 4.78 is 5.36. The van der Waals surface area contributed by atoms with Gasteiger partial charge in [-0.25, -0.2) is 0 Å². The largest absolute Gasteiger partial charge is 0.468 e. The summed E-state index contributed by atoms with van der Waals surface area (Å²) >= 11 is 0. The van der Waals surface area contributed by atoms with Gasteiger partial charge in [0.1, 0.15) is 5.76 Å². The summed E-state index contributed by atoms with van der Waals surface area (Å²) in [6.07, 6.45) is 2.87. The van der Waals surface area contributed by atoms with Crippen LogP contribution in [0.15, 0.2) is 41.0 Å².